The summed E-state index contributed by atoms with van der Waals surface area (Å²) in [4.78, 5) is 16.9. The van der Waals surface area contributed by atoms with Crippen molar-refractivity contribution in [2.75, 3.05) is 12.4 Å². The molecule has 0 spiro atoms. The number of hydrogen-bond donors (Lipinski definition) is 3. The van der Waals surface area contributed by atoms with Crippen LogP contribution in [0.3, 0.4) is 0 Å². The van der Waals surface area contributed by atoms with E-state index < -0.39 is 6.04 Å². The Hall–Kier alpha value is -3.00. The van der Waals surface area contributed by atoms with Crippen LogP contribution < -0.4 is 10.6 Å². The molecule has 124 valence electrons. The van der Waals surface area contributed by atoms with Crippen LogP contribution in [0.4, 0.5) is 5.69 Å². The SMILES string of the molecule is CNC(C(=O)Nc1cccc(-c2n[nH]c(C)n2)c1)c1cnn(C)c1. The Kier molecular flexibility index (Phi) is 4.39. The van der Waals surface area contributed by atoms with Gasteiger partial charge in [0.05, 0.1) is 6.20 Å². The number of aromatic nitrogens is 5. The summed E-state index contributed by atoms with van der Waals surface area (Å²) < 4.78 is 1.67. The maximum atomic E-state index is 12.6. The van der Waals surface area contributed by atoms with Gasteiger partial charge in [0.2, 0.25) is 5.91 Å². The fourth-order valence-corrected chi connectivity index (χ4v) is 2.46. The number of carbonyl (C=O) groups is 1. The number of benzene rings is 1. The summed E-state index contributed by atoms with van der Waals surface area (Å²) in [5, 5.41) is 17.0. The van der Waals surface area contributed by atoms with Crippen LogP contribution in [0.2, 0.25) is 0 Å². The van der Waals surface area contributed by atoms with Crippen LogP contribution in [0.15, 0.2) is 36.7 Å². The predicted molar refractivity (Wildman–Crippen MR) is 90.2 cm³/mol. The monoisotopic (exact) mass is 325 g/mol. The van der Waals surface area contributed by atoms with Gasteiger partial charge in [-0.25, -0.2) is 4.98 Å². The van der Waals surface area contributed by atoms with Crippen LogP contribution in [0.1, 0.15) is 17.4 Å². The molecule has 0 saturated carbocycles. The topological polar surface area (TPSA) is 101 Å². The molecule has 2 heterocycles. The standard InChI is InChI=1S/C16H19N7O/c1-10-19-15(22-21-10)11-5-4-6-13(7-11)20-16(24)14(17-2)12-8-18-23(3)9-12/h4-9,14,17H,1-3H3,(H,20,24)(H,19,21,22). The van der Waals surface area contributed by atoms with Crippen LogP contribution >= 0.6 is 0 Å². The summed E-state index contributed by atoms with van der Waals surface area (Å²) in [5.41, 5.74) is 2.32. The van der Waals surface area contributed by atoms with Crippen LogP contribution in [0.25, 0.3) is 11.4 Å². The Labute approximate surface area is 139 Å². The molecule has 24 heavy (non-hydrogen) atoms. The van der Waals surface area contributed by atoms with Crippen LogP contribution in [0.5, 0.6) is 0 Å². The normalized spacial score (nSPS) is 12.1. The van der Waals surface area contributed by atoms with Crippen LogP contribution in [-0.4, -0.2) is 37.9 Å². The molecule has 0 aliphatic heterocycles. The molecule has 8 heteroatoms. The molecule has 0 aliphatic rings. The number of H-pyrrole nitrogens is 1. The highest BCUT2D eigenvalue weighted by Crippen LogP contribution is 2.21. The van der Waals surface area contributed by atoms with Gasteiger partial charge in [0, 0.05) is 30.1 Å². The molecule has 1 atom stereocenters. The minimum Gasteiger partial charge on any atom is -0.324 e. The van der Waals surface area contributed by atoms with Gasteiger partial charge in [0.1, 0.15) is 11.9 Å². The number of anilines is 1. The summed E-state index contributed by atoms with van der Waals surface area (Å²) in [6.45, 7) is 1.84. The average molecular weight is 325 g/mol. The Balaban J connectivity index is 1.79. The second-order valence-corrected chi connectivity index (χ2v) is 5.48. The van der Waals surface area contributed by atoms with E-state index in [2.05, 4.69) is 30.9 Å². The van der Waals surface area contributed by atoms with Crippen molar-refractivity contribution in [1.82, 2.24) is 30.3 Å². The van der Waals surface area contributed by atoms with E-state index in [0.717, 1.165) is 17.0 Å². The third kappa shape index (κ3) is 3.33. The van der Waals surface area contributed by atoms with Crippen molar-refractivity contribution in [2.24, 2.45) is 7.05 Å². The Morgan fingerprint density at radius 3 is 2.83 bits per heavy atom. The van der Waals surface area contributed by atoms with Crippen LogP contribution in [0, 0.1) is 6.92 Å². The molecule has 0 saturated heterocycles. The molecule has 1 aromatic carbocycles. The lowest BCUT2D eigenvalue weighted by Gasteiger charge is -2.14. The van der Waals surface area contributed by atoms with E-state index in [4.69, 9.17) is 0 Å². The van der Waals surface area contributed by atoms with Crippen molar-refractivity contribution < 1.29 is 4.79 Å². The molecule has 0 aliphatic carbocycles. The van der Waals surface area contributed by atoms with Gasteiger partial charge in [0.25, 0.3) is 0 Å². The molecule has 3 aromatic rings. The van der Waals surface area contributed by atoms with E-state index in [1.165, 1.54) is 0 Å². The Morgan fingerprint density at radius 2 is 2.21 bits per heavy atom. The maximum absolute atomic E-state index is 12.6. The molecule has 1 amide bonds. The number of nitrogens with zero attached hydrogens (tertiary/aromatic N) is 4. The third-order valence-corrected chi connectivity index (χ3v) is 3.59. The lowest BCUT2D eigenvalue weighted by Crippen LogP contribution is -2.30. The molecule has 1 unspecified atom stereocenters. The minimum absolute atomic E-state index is 0.159. The van der Waals surface area contributed by atoms with Gasteiger partial charge in [-0.2, -0.15) is 10.2 Å². The molecular weight excluding hydrogens is 306 g/mol. The van der Waals surface area contributed by atoms with Gasteiger partial charge in [-0.05, 0) is 26.1 Å². The van der Waals surface area contributed by atoms with Gasteiger partial charge in [-0.15, -0.1) is 0 Å². The first-order valence-electron chi connectivity index (χ1n) is 7.53. The van der Waals surface area contributed by atoms with Crippen molar-refractivity contribution in [2.45, 2.75) is 13.0 Å². The second-order valence-electron chi connectivity index (χ2n) is 5.48. The number of aromatic amines is 1. The number of hydrogen-bond acceptors (Lipinski definition) is 5. The molecule has 0 bridgehead atoms. The third-order valence-electron chi connectivity index (χ3n) is 3.59. The minimum atomic E-state index is -0.479. The molecular formula is C16H19N7O. The first kappa shape index (κ1) is 15.9. The van der Waals surface area contributed by atoms with Gasteiger partial charge in [-0.3, -0.25) is 14.6 Å². The quantitative estimate of drug-likeness (QED) is 0.658. The van der Waals surface area contributed by atoms with E-state index in [1.807, 2.05) is 44.4 Å². The highest BCUT2D eigenvalue weighted by Gasteiger charge is 2.20. The van der Waals surface area contributed by atoms with Crippen molar-refractivity contribution in [3.63, 3.8) is 0 Å². The highest BCUT2D eigenvalue weighted by atomic mass is 16.2. The van der Waals surface area contributed by atoms with E-state index in [9.17, 15) is 4.79 Å². The van der Waals surface area contributed by atoms with Gasteiger partial charge < -0.3 is 10.6 Å². The van der Waals surface area contributed by atoms with Crippen molar-refractivity contribution in [3.8, 4) is 11.4 Å². The van der Waals surface area contributed by atoms with E-state index in [0.29, 0.717) is 11.5 Å². The Bertz CT molecular complexity index is 851. The highest BCUT2D eigenvalue weighted by molar-refractivity contribution is 5.95. The molecule has 3 N–H and O–H groups in total. The second kappa shape index (κ2) is 6.63. The van der Waals surface area contributed by atoms with Crippen molar-refractivity contribution >= 4 is 11.6 Å². The zero-order valence-corrected chi connectivity index (χ0v) is 13.7. The zero-order valence-electron chi connectivity index (χ0n) is 13.7. The van der Waals surface area contributed by atoms with Gasteiger partial charge in [-0.1, -0.05) is 12.1 Å². The summed E-state index contributed by atoms with van der Waals surface area (Å²) >= 11 is 0. The maximum Gasteiger partial charge on any atom is 0.246 e. The molecule has 3 rings (SSSR count). The van der Waals surface area contributed by atoms with E-state index in [-0.39, 0.29) is 5.91 Å². The number of carbonyl (C=O) groups excluding carboxylic acids is 1. The van der Waals surface area contributed by atoms with Crippen molar-refractivity contribution in [1.29, 1.82) is 0 Å². The number of rotatable bonds is 5. The molecule has 8 nitrogen and oxygen atoms in total. The Morgan fingerprint density at radius 1 is 1.38 bits per heavy atom. The van der Waals surface area contributed by atoms with Gasteiger partial charge >= 0.3 is 0 Å². The van der Waals surface area contributed by atoms with E-state index >= 15 is 0 Å². The number of aryl methyl sites for hydroxylation is 2. The molecule has 0 radical (unpaired) electrons. The molecule has 0 fully saturated rings. The van der Waals surface area contributed by atoms with Crippen LogP contribution in [-0.2, 0) is 11.8 Å². The summed E-state index contributed by atoms with van der Waals surface area (Å²) in [6, 6.07) is 6.95. The zero-order chi connectivity index (χ0) is 17.1. The summed E-state index contributed by atoms with van der Waals surface area (Å²) in [6.07, 6.45) is 3.49. The largest absolute Gasteiger partial charge is 0.324 e. The lowest BCUT2D eigenvalue weighted by atomic mass is 10.1. The van der Waals surface area contributed by atoms with Gasteiger partial charge in [0.15, 0.2) is 5.82 Å². The van der Waals surface area contributed by atoms with Crippen molar-refractivity contribution in [3.05, 3.63) is 48.0 Å². The smallest absolute Gasteiger partial charge is 0.246 e. The summed E-state index contributed by atoms with van der Waals surface area (Å²) in [5.74, 6) is 1.18. The number of likely N-dealkylation sites (N-methyl/N-ethyl adjacent to an activating group) is 1. The fraction of sp³-hybridized carbons (Fsp3) is 0.250. The average Bonchev–Trinajstić information content (AvgIpc) is 3.17. The van der Waals surface area contributed by atoms with E-state index in [1.54, 1.807) is 17.9 Å². The fourth-order valence-electron chi connectivity index (χ4n) is 2.46. The predicted octanol–water partition coefficient (Wildman–Crippen LogP) is 1.41. The summed E-state index contributed by atoms with van der Waals surface area (Å²) in [7, 11) is 3.56. The number of nitrogens with one attached hydrogen (secondary N) is 3. The lowest BCUT2D eigenvalue weighted by molar-refractivity contribution is -0.118. The first-order valence-corrected chi connectivity index (χ1v) is 7.53. The molecule has 2 aromatic heterocycles. The first-order chi connectivity index (χ1) is 11.6. The number of amides is 1.